The maximum absolute atomic E-state index is 11.4. The number of para-hydroxylation sites is 1. The number of carbonyl (C=O) groups is 1. The summed E-state index contributed by atoms with van der Waals surface area (Å²) in [4.78, 5) is 11.4. The van der Waals surface area contributed by atoms with E-state index in [1.54, 1.807) is 0 Å². The summed E-state index contributed by atoms with van der Waals surface area (Å²) < 4.78 is 5.03. The van der Waals surface area contributed by atoms with E-state index in [-0.39, 0.29) is 12.5 Å². The Bertz CT molecular complexity index is 323. The Balaban J connectivity index is 2.59. The molecule has 1 aromatic rings. The molecule has 0 bridgehead atoms. The van der Waals surface area contributed by atoms with E-state index < -0.39 is 0 Å². The maximum atomic E-state index is 11.4. The Hall–Kier alpha value is -1.35. The number of benzene rings is 1. The van der Waals surface area contributed by atoms with E-state index in [4.69, 9.17) is 4.74 Å². The highest BCUT2D eigenvalue weighted by molar-refractivity contribution is 5.92. The second kappa shape index (κ2) is 6.19. The largest absolute Gasteiger partial charge is 0.372 e. The monoisotopic (exact) mass is 207 g/mol. The normalized spacial score (nSPS) is 10.0. The second-order valence-electron chi connectivity index (χ2n) is 3.20. The van der Waals surface area contributed by atoms with Gasteiger partial charge in [0.15, 0.2) is 0 Å². The predicted octanol–water partition coefficient (Wildman–Crippen LogP) is 2.22. The number of rotatable bonds is 5. The average molecular weight is 207 g/mol. The van der Waals surface area contributed by atoms with Crippen molar-refractivity contribution in [2.45, 2.75) is 20.3 Å². The van der Waals surface area contributed by atoms with Gasteiger partial charge in [-0.05, 0) is 25.0 Å². The third-order valence-electron chi connectivity index (χ3n) is 2.11. The summed E-state index contributed by atoms with van der Waals surface area (Å²) in [5, 5.41) is 2.83. The molecule has 0 atom stereocenters. The first kappa shape index (κ1) is 11.7. The molecule has 0 saturated carbocycles. The van der Waals surface area contributed by atoms with Gasteiger partial charge in [0.05, 0.1) is 0 Å². The van der Waals surface area contributed by atoms with Gasteiger partial charge in [0.1, 0.15) is 6.61 Å². The maximum Gasteiger partial charge on any atom is 0.250 e. The van der Waals surface area contributed by atoms with Gasteiger partial charge >= 0.3 is 0 Å². The third kappa shape index (κ3) is 3.72. The number of amides is 1. The number of hydrogen-bond donors (Lipinski definition) is 1. The summed E-state index contributed by atoms with van der Waals surface area (Å²) in [6.07, 6.45) is 0.908. The summed E-state index contributed by atoms with van der Waals surface area (Å²) in [7, 11) is 0. The molecule has 1 N–H and O–H groups in total. The topological polar surface area (TPSA) is 38.3 Å². The number of ether oxygens (including phenoxy) is 1. The van der Waals surface area contributed by atoms with Crippen molar-refractivity contribution in [1.29, 1.82) is 0 Å². The van der Waals surface area contributed by atoms with Crippen LogP contribution in [0.3, 0.4) is 0 Å². The van der Waals surface area contributed by atoms with Crippen LogP contribution in [0.1, 0.15) is 19.4 Å². The Labute approximate surface area is 90.4 Å². The lowest BCUT2D eigenvalue weighted by atomic mass is 10.1. The minimum Gasteiger partial charge on any atom is -0.372 e. The third-order valence-corrected chi connectivity index (χ3v) is 2.11. The van der Waals surface area contributed by atoms with E-state index >= 15 is 0 Å². The van der Waals surface area contributed by atoms with E-state index in [0.29, 0.717) is 6.61 Å². The molecule has 0 spiro atoms. The highest BCUT2D eigenvalue weighted by atomic mass is 16.5. The van der Waals surface area contributed by atoms with Crippen molar-refractivity contribution in [1.82, 2.24) is 0 Å². The predicted molar refractivity (Wildman–Crippen MR) is 60.9 cm³/mol. The van der Waals surface area contributed by atoms with Crippen molar-refractivity contribution < 1.29 is 9.53 Å². The lowest BCUT2D eigenvalue weighted by Gasteiger charge is -2.09. The summed E-state index contributed by atoms with van der Waals surface area (Å²) in [6, 6.07) is 7.80. The van der Waals surface area contributed by atoms with E-state index in [2.05, 4.69) is 12.2 Å². The van der Waals surface area contributed by atoms with E-state index in [1.807, 2.05) is 31.2 Å². The minimum absolute atomic E-state index is 0.0993. The summed E-state index contributed by atoms with van der Waals surface area (Å²) in [6.45, 7) is 4.61. The molecule has 15 heavy (non-hydrogen) atoms. The van der Waals surface area contributed by atoms with Crippen LogP contribution in [-0.4, -0.2) is 19.1 Å². The molecule has 0 radical (unpaired) electrons. The van der Waals surface area contributed by atoms with Crippen LogP contribution in [0, 0.1) is 0 Å². The molecular formula is C12H17NO2. The van der Waals surface area contributed by atoms with Crippen molar-refractivity contribution in [3.63, 3.8) is 0 Å². The Kier molecular flexibility index (Phi) is 4.84. The minimum atomic E-state index is -0.0993. The van der Waals surface area contributed by atoms with Crippen LogP contribution in [0.2, 0.25) is 0 Å². The zero-order valence-electron chi connectivity index (χ0n) is 9.25. The standard InChI is InChI=1S/C12H17NO2/c1-3-10-7-5-6-8-11(10)13-12(14)9-15-4-2/h5-8H,3-4,9H2,1-2H3,(H,13,14). The molecule has 0 aliphatic carbocycles. The molecule has 1 aromatic carbocycles. The zero-order chi connectivity index (χ0) is 11.1. The van der Waals surface area contributed by atoms with Gasteiger partial charge in [-0.2, -0.15) is 0 Å². The van der Waals surface area contributed by atoms with Gasteiger partial charge < -0.3 is 10.1 Å². The van der Waals surface area contributed by atoms with Gasteiger partial charge in [-0.3, -0.25) is 4.79 Å². The highest BCUT2D eigenvalue weighted by Crippen LogP contribution is 2.14. The molecule has 3 heteroatoms. The highest BCUT2D eigenvalue weighted by Gasteiger charge is 2.04. The number of hydrogen-bond acceptors (Lipinski definition) is 2. The van der Waals surface area contributed by atoms with Gasteiger partial charge in [0.2, 0.25) is 5.91 Å². The van der Waals surface area contributed by atoms with Gasteiger partial charge in [-0.15, -0.1) is 0 Å². The molecule has 0 aromatic heterocycles. The van der Waals surface area contributed by atoms with E-state index in [0.717, 1.165) is 17.7 Å². The van der Waals surface area contributed by atoms with Crippen molar-refractivity contribution in [2.75, 3.05) is 18.5 Å². The van der Waals surface area contributed by atoms with Crippen LogP contribution in [0.15, 0.2) is 24.3 Å². The molecule has 0 saturated heterocycles. The SMILES string of the molecule is CCOCC(=O)Nc1ccccc1CC. The first-order valence-corrected chi connectivity index (χ1v) is 5.23. The Morgan fingerprint density at radius 1 is 1.33 bits per heavy atom. The van der Waals surface area contributed by atoms with Crippen LogP contribution >= 0.6 is 0 Å². The van der Waals surface area contributed by atoms with E-state index in [1.165, 1.54) is 0 Å². The zero-order valence-corrected chi connectivity index (χ0v) is 9.25. The first-order valence-electron chi connectivity index (χ1n) is 5.23. The number of aryl methyl sites for hydroxylation is 1. The molecule has 0 heterocycles. The Morgan fingerprint density at radius 3 is 2.73 bits per heavy atom. The summed E-state index contributed by atoms with van der Waals surface area (Å²) in [5.74, 6) is -0.0993. The molecule has 3 nitrogen and oxygen atoms in total. The molecule has 0 unspecified atom stereocenters. The van der Waals surface area contributed by atoms with Gasteiger partial charge in [-0.1, -0.05) is 25.1 Å². The van der Waals surface area contributed by atoms with Crippen molar-refractivity contribution in [3.05, 3.63) is 29.8 Å². The van der Waals surface area contributed by atoms with Crippen LogP contribution in [0.4, 0.5) is 5.69 Å². The summed E-state index contributed by atoms with van der Waals surface area (Å²) in [5.41, 5.74) is 2.02. The number of carbonyl (C=O) groups excluding carboxylic acids is 1. The number of nitrogens with one attached hydrogen (secondary N) is 1. The van der Waals surface area contributed by atoms with Crippen molar-refractivity contribution >= 4 is 11.6 Å². The van der Waals surface area contributed by atoms with E-state index in [9.17, 15) is 4.79 Å². The van der Waals surface area contributed by atoms with Gasteiger partial charge in [-0.25, -0.2) is 0 Å². The number of anilines is 1. The average Bonchev–Trinajstić information content (AvgIpc) is 2.27. The molecule has 0 aliphatic rings. The second-order valence-corrected chi connectivity index (χ2v) is 3.20. The molecule has 1 amide bonds. The Morgan fingerprint density at radius 2 is 2.07 bits per heavy atom. The smallest absolute Gasteiger partial charge is 0.250 e. The quantitative estimate of drug-likeness (QED) is 0.804. The lowest BCUT2D eigenvalue weighted by molar-refractivity contribution is -0.120. The van der Waals surface area contributed by atoms with Crippen LogP contribution < -0.4 is 5.32 Å². The fraction of sp³-hybridized carbons (Fsp3) is 0.417. The summed E-state index contributed by atoms with van der Waals surface area (Å²) >= 11 is 0. The van der Waals surface area contributed by atoms with Crippen LogP contribution in [0.5, 0.6) is 0 Å². The van der Waals surface area contributed by atoms with Gasteiger partial charge in [0.25, 0.3) is 0 Å². The fourth-order valence-electron chi connectivity index (χ4n) is 1.33. The van der Waals surface area contributed by atoms with Crippen molar-refractivity contribution in [3.8, 4) is 0 Å². The molecule has 82 valence electrons. The molecule has 0 fully saturated rings. The van der Waals surface area contributed by atoms with Crippen molar-refractivity contribution in [2.24, 2.45) is 0 Å². The van der Waals surface area contributed by atoms with Gasteiger partial charge in [0, 0.05) is 12.3 Å². The molecule has 1 rings (SSSR count). The first-order chi connectivity index (χ1) is 7.27. The van der Waals surface area contributed by atoms with Crippen LogP contribution in [-0.2, 0) is 16.0 Å². The lowest BCUT2D eigenvalue weighted by Crippen LogP contribution is -2.18. The molecular weight excluding hydrogens is 190 g/mol. The van der Waals surface area contributed by atoms with Crippen LogP contribution in [0.25, 0.3) is 0 Å². The molecule has 0 aliphatic heterocycles. The fourth-order valence-corrected chi connectivity index (χ4v) is 1.33.